The zero-order chi connectivity index (χ0) is 15.3. The molecule has 6 nitrogen and oxygen atoms in total. The standard InChI is InChI=1S/C14H21N3O3S/c1-15-9-10-16-14(18)13-8-5-11-17(13)21(19,20)12-6-3-2-4-7-12/h2-4,6-7,13,15H,5,8-11H2,1H3,(H,16,18). The maximum Gasteiger partial charge on any atom is 0.243 e. The lowest BCUT2D eigenvalue weighted by atomic mass is 10.2. The van der Waals surface area contributed by atoms with Crippen molar-refractivity contribution in [3.63, 3.8) is 0 Å². The predicted molar refractivity (Wildman–Crippen MR) is 80.3 cm³/mol. The van der Waals surface area contributed by atoms with E-state index in [1.807, 2.05) is 0 Å². The third kappa shape index (κ3) is 3.61. The van der Waals surface area contributed by atoms with Crippen LogP contribution >= 0.6 is 0 Å². The highest BCUT2D eigenvalue weighted by Gasteiger charge is 2.39. The number of nitrogens with one attached hydrogen (secondary N) is 2. The normalized spacial score (nSPS) is 19.6. The molecule has 0 aromatic heterocycles. The van der Waals surface area contributed by atoms with Crippen molar-refractivity contribution in [1.29, 1.82) is 0 Å². The molecule has 21 heavy (non-hydrogen) atoms. The number of sulfonamides is 1. The van der Waals surface area contributed by atoms with E-state index in [1.165, 1.54) is 4.31 Å². The van der Waals surface area contributed by atoms with Crippen LogP contribution in [0.25, 0.3) is 0 Å². The highest BCUT2D eigenvalue weighted by Crippen LogP contribution is 2.25. The van der Waals surface area contributed by atoms with E-state index in [0.717, 1.165) is 0 Å². The largest absolute Gasteiger partial charge is 0.353 e. The smallest absolute Gasteiger partial charge is 0.243 e. The van der Waals surface area contributed by atoms with E-state index in [9.17, 15) is 13.2 Å². The molecule has 1 unspecified atom stereocenters. The van der Waals surface area contributed by atoms with Crippen LogP contribution in [0.2, 0.25) is 0 Å². The fourth-order valence-corrected chi connectivity index (χ4v) is 4.12. The van der Waals surface area contributed by atoms with Gasteiger partial charge in [0.15, 0.2) is 0 Å². The van der Waals surface area contributed by atoms with E-state index in [2.05, 4.69) is 10.6 Å². The lowest BCUT2D eigenvalue weighted by molar-refractivity contribution is -0.124. The molecule has 0 saturated carbocycles. The van der Waals surface area contributed by atoms with Gasteiger partial charge in [-0.1, -0.05) is 18.2 Å². The zero-order valence-corrected chi connectivity index (χ0v) is 12.9. The summed E-state index contributed by atoms with van der Waals surface area (Å²) in [5.41, 5.74) is 0. The van der Waals surface area contributed by atoms with Crippen molar-refractivity contribution in [2.75, 3.05) is 26.7 Å². The van der Waals surface area contributed by atoms with Gasteiger partial charge < -0.3 is 10.6 Å². The molecule has 1 fully saturated rings. The average molecular weight is 311 g/mol. The maximum atomic E-state index is 12.6. The summed E-state index contributed by atoms with van der Waals surface area (Å²) in [5.74, 6) is -0.220. The Morgan fingerprint density at radius 1 is 1.29 bits per heavy atom. The molecule has 0 aliphatic carbocycles. The molecule has 1 saturated heterocycles. The minimum absolute atomic E-state index is 0.220. The van der Waals surface area contributed by atoms with Crippen LogP contribution in [0.15, 0.2) is 35.2 Å². The number of carbonyl (C=O) groups is 1. The SMILES string of the molecule is CNCCNC(=O)C1CCCN1S(=O)(=O)c1ccccc1. The van der Waals surface area contributed by atoms with Crippen molar-refractivity contribution >= 4 is 15.9 Å². The Labute approximate surface area is 125 Å². The Bertz CT molecular complexity index is 574. The Balaban J connectivity index is 2.13. The van der Waals surface area contributed by atoms with Gasteiger partial charge in [-0.05, 0) is 32.0 Å². The average Bonchev–Trinajstić information content (AvgIpc) is 2.98. The molecule has 1 aliphatic heterocycles. The van der Waals surface area contributed by atoms with E-state index < -0.39 is 16.1 Å². The fourth-order valence-electron chi connectivity index (χ4n) is 2.45. The Morgan fingerprint density at radius 2 is 2.00 bits per heavy atom. The summed E-state index contributed by atoms with van der Waals surface area (Å²) in [4.78, 5) is 12.4. The first-order chi connectivity index (χ1) is 10.1. The minimum Gasteiger partial charge on any atom is -0.353 e. The second-order valence-corrected chi connectivity index (χ2v) is 6.87. The van der Waals surface area contributed by atoms with Crippen LogP contribution in [-0.4, -0.2) is 51.4 Å². The quantitative estimate of drug-likeness (QED) is 0.735. The van der Waals surface area contributed by atoms with Gasteiger partial charge in [-0.25, -0.2) is 8.42 Å². The molecule has 0 bridgehead atoms. The first kappa shape index (κ1) is 15.9. The van der Waals surface area contributed by atoms with E-state index >= 15 is 0 Å². The molecule has 1 aromatic rings. The van der Waals surface area contributed by atoms with Gasteiger partial charge in [0, 0.05) is 19.6 Å². The van der Waals surface area contributed by atoms with E-state index in [-0.39, 0.29) is 10.8 Å². The summed E-state index contributed by atoms with van der Waals surface area (Å²) in [6.07, 6.45) is 1.27. The molecule has 1 atom stereocenters. The fraction of sp³-hybridized carbons (Fsp3) is 0.500. The van der Waals surface area contributed by atoms with Crippen LogP contribution in [0.1, 0.15) is 12.8 Å². The minimum atomic E-state index is -3.61. The monoisotopic (exact) mass is 311 g/mol. The molecule has 0 radical (unpaired) electrons. The molecule has 2 rings (SSSR count). The summed E-state index contributed by atoms with van der Waals surface area (Å²) in [7, 11) is -1.81. The lowest BCUT2D eigenvalue weighted by Crippen LogP contribution is -2.46. The molecular formula is C14H21N3O3S. The van der Waals surface area contributed by atoms with Crippen molar-refractivity contribution < 1.29 is 13.2 Å². The Hall–Kier alpha value is -1.44. The summed E-state index contributed by atoms with van der Waals surface area (Å²) >= 11 is 0. The van der Waals surface area contributed by atoms with Gasteiger partial charge in [-0.15, -0.1) is 0 Å². The van der Waals surface area contributed by atoms with Gasteiger partial charge in [-0.2, -0.15) is 4.31 Å². The highest BCUT2D eigenvalue weighted by molar-refractivity contribution is 7.89. The van der Waals surface area contributed by atoms with E-state index in [1.54, 1.807) is 37.4 Å². The van der Waals surface area contributed by atoms with E-state index in [4.69, 9.17) is 0 Å². The lowest BCUT2D eigenvalue weighted by Gasteiger charge is -2.23. The van der Waals surface area contributed by atoms with Gasteiger partial charge in [-0.3, -0.25) is 4.79 Å². The second-order valence-electron chi connectivity index (χ2n) is 4.98. The van der Waals surface area contributed by atoms with Gasteiger partial charge >= 0.3 is 0 Å². The predicted octanol–water partition coefficient (Wildman–Crippen LogP) is 0.175. The summed E-state index contributed by atoms with van der Waals surface area (Å²) in [6, 6.07) is 7.65. The number of amides is 1. The molecule has 1 aromatic carbocycles. The molecule has 1 amide bonds. The van der Waals surface area contributed by atoms with Crippen LogP contribution in [0.5, 0.6) is 0 Å². The van der Waals surface area contributed by atoms with Crippen molar-refractivity contribution in [1.82, 2.24) is 14.9 Å². The Morgan fingerprint density at radius 3 is 2.67 bits per heavy atom. The van der Waals surface area contributed by atoms with Gasteiger partial charge in [0.25, 0.3) is 0 Å². The third-order valence-corrected chi connectivity index (χ3v) is 5.45. The van der Waals surface area contributed by atoms with Crippen LogP contribution in [0, 0.1) is 0 Å². The van der Waals surface area contributed by atoms with Gasteiger partial charge in [0.2, 0.25) is 15.9 Å². The van der Waals surface area contributed by atoms with Crippen molar-refractivity contribution in [2.45, 2.75) is 23.8 Å². The van der Waals surface area contributed by atoms with Crippen molar-refractivity contribution in [3.8, 4) is 0 Å². The number of likely N-dealkylation sites (N-methyl/N-ethyl adjacent to an activating group) is 1. The topological polar surface area (TPSA) is 78.5 Å². The second kappa shape index (κ2) is 7.02. The van der Waals surface area contributed by atoms with Crippen molar-refractivity contribution in [2.24, 2.45) is 0 Å². The molecular weight excluding hydrogens is 290 g/mol. The van der Waals surface area contributed by atoms with Crippen LogP contribution < -0.4 is 10.6 Å². The van der Waals surface area contributed by atoms with Crippen molar-refractivity contribution in [3.05, 3.63) is 30.3 Å². The van der Waals surface area contributed by atoms with Crippen LogP contribution in [0.4, 0.5) is 0 Å². The molecule has 2 N–H and O–H groups in total. The first-order valence-corrected chi connectivity index (χ1v) is 8.50. The van der Waals surface area contributed by atoms with E-state index in [0.29, 0.717) is 32.5 Å². The molecule has 116 valence electrons. The zero-order valence-electron chi connectivity index (χ0n) is 12.1. The first-order valence-electron chi connectivity index (χ1n) is 7.06. The number of hydrogen-bond acceptors (Lipinski definition) is 4. The third-order valence-electron chi connectivity index (χ3n) is 3.53. The van der Waals surface area contributed by atoms with Crippen LogP contribution in [-0.2, 0) is 14.8 Å². The molecule has 7 heteroatoms. The van der Waals surface area contributed by atoms with Gasteiger partial charge in [0.1, 0.15) is 6.04 Å². The molecule has 0 spiro atoms. The summed E-state index contributed by atoms with van der Waals surface area (Å²) < 4.78 is 26.5. The number of rotatable bonds is 6. The Kier molecular flexibility index (Phi) is 5.33. The van der Waals surface area contributed by atoms with Gasteiger partial charge in [0.05, 0.1) is 4.90 Å². The number of hydrogen-bond donors (Lipinski definition) is 2. The number of benzene rings is 1. The molecule has 1 heterocycles. The van der Waals surface area contributed by atoms with Crippen LogP contribution in [0.3, 0.4) is 0 Å². The summed E-state index contributed by atoms with van der Waals surface area (Å²) in [6.45, 7) is 1.54. The highest BCUT2D eigenvalue weighted by atomic mass is 32.2. The summed E-state index contributed by atoms with van der Waals surface area (Å²) in [5, 5.41) is 5.71. The number of carbonyl (C=O) groups excluding carboxylic acids is 1. The number of nitrogens with zero attached hydrogens (tertiary/aromatic N) is 1. The molecule has 1 aliphatic rings. The maximum absolute atomic E-state index is 12.6.